The lowest BCUT2D eigenvalue weighted by molar-refractivity contribution is -0.116. The monoisotopic (exact) mass is 325 g/mol. The highest BCUT2D eigenvalue weighted by molar-refractivity contribution is 6.07. The lowest BCUT2D eigenvalue weighted by Gasteiger charge is -2.07. The number of ketones is 1. The van der Waals surface area contributed by atoms with E-state index in [2.05, 4.69) is 25.8 Å². The van der Waals surface area contributed by atoms with Gasteiger partial charge in [0.2, 0.25) is 11.7 Å². The number of tetrazole rings is 1. The van der Waals surface area contributed by atoms with Crippen molar-refractivity contribution >= 4 is 17.4 Å². The quantitative estimate of drug-likeness (QED) is 0.667. The van der Waals surface area contributed by atoms with Crippen LogP contribution in [0.5, 0.6) is 0 Å². The fraction of sp³-hybridized carbons (Fsp3) is 0.200. The van der Waals surface area contributed by atoms with Crippen LogP contribution in [0.4, 0.5) is 5.69 Å². The van der Waals surface area contributed by atoms with Crippen molar-refractivity contribution in [2.24, 2.45) is 7.05 Å². The van der Waals surface area contributed by atoms with Crippen LogP contribution < -0.4 is 5.32 Å². The number of carbonyl (C=O) groups excluding carboxylic acids is 2. The van der Waals surface area contributed by atoms with Crippen molar-refractivity contribution in [3.8, 4) is 0 Å². The number of rotatable bonds is 6. The lowest BCUT2D eigenvalue weighted by Crippen LogP contribution is -2.15. The van der Waals surface area contributed by atoms with Crippen LogP contribution in [0.1, 0.15) is 22.6 Å². The first-order valence-electron chi connectivity index (χ1n) is 7.26. The van der Waals surface area contributed by atoms with E-state index in [0.717, 1.165) is 0 Å². The van der Waals surface area contributed by atoms with Crippen molar-refractivity contribution in [2.45, 2.75) is 13.0 Å². The summed E-state index contributed by atoms with van der Waals surface area (Å²) >= 11 is 0. The van der Waals surface area contributed by atoms with Gasteiger partial charge in [-0.2, -0.15) is 0 Å². The molecule has 1 N–H and O–H groups in total. The van der Waals surface area contributed by atoms with Gasteiger partial charge in [-0.05, 0) is 22.6 Å². The van der Waals surface area contributed by atoms with Crippen LogP contribution in [-0.4, -0.2) is 41.4 Å². The first kappa shape index (κ1) is 15.5. The number of amides is 1. The van der Waals surface area contributed by atoms with Crippen molar-refractivity contribution in [1.82, 2.24) is 29.8 Å². The minimum Gasteiger partial charge on any atom is -0.331 e. The van der Waals surface area contributed by atoms with Crippen LogP contribution >= 0.6 is 0 Å². The van der Waals surface area contributed by atoms with Crippen LogP contribution in [0, 0.1) is 0 Å². The van der Waals surface area contributed by atoms with E-state index in [9.17, 15) is 9.59 Å². The molecule has 1 amide bonds. The summed E-state index contributed by atoms with van der Waals surface area (Å²) < 4.78 is 3.13. The number of nitrogens with zero attached hydrogens (tertiary/aromatic N) is 6. The first-order chi connectivity index (χ1) is 11.6. The average molecular weight is 325 g/mol. The summed E-state index contributed by atoms with van der Waals surface area (Å²) in [5.74, 6) is -0.0449. The second kappa shape index (κ2) is 6.82. The molecule has 3 aromatic rings. The van der Waals surface area contributed by atoms with E-state index >= 15 is 0 Å². The van der Waals surface area contributed by atoms with Crippen molar-refractivity contribution in [3.63, 3.8) is 0 Å². The molecule has 0 saturated carbocycles. The average Bonchev–Trinajstić information content (AvgIpc) is 3.24. The summed E-state index contributed by atoms with van der Waals surface area (Å²) in [7, 11) is 1.75. The third kappa shape index (κ3) is 3.51. The minimum absolute atomic E-state index is 0.188. The summed E-state index contributed by atoms with van der Waals surface area (Å²) in [4.78, 5) is 28.4. The zero-order valence-corrected chi connectivity index (χ0v) is 13.0. The summed E-state index contributed by atoms with van der Waals surface area (Å²) in [6.07, 6.45) is 4.94. The Bertz CT molecular complexity index is 854. The number of aromatic nitrogens is 6. The highest BCUT2D eigenvalue weighted by atomic mass is 16.1. The number of hydrogen-bond donors (Lipinski definition) is 1. The molecular formula is C15H15N7O2. The normalized spacial score (nSPS) is 10.5. The van der Waals surface area contributed by atoms with E-state index in [4.69, 9.17) is 0 Å². The van der Waals surface area contributed by atoms with Gasteiger partial charge in [-0.3, -0.25) is 9.59 Å². The van der Waals surface area contributed by atoms with Crippen molar-refractivity contribution < 1.29 is 9.59 Å². The molecule has 0 unspecified atom stereocenters. The van der Waals surface area contributed by atoms with Gasteiger partial charge < -0.3 is 9.88 Å². The molecule has 0 atom stereocenters. The Hall–Kier alpha value is -3.36. The maximum absolute atomic E-state index is 12.4. The number of carbonyl (C=O) groups is 2. The highest BCUT2D eigenvalue weighted by Crippen LogP contribution is 2.14. The number of imidazole rings is 1. The van der Waals surface area contributed by atoms with E-state index in [0.29, 0.717) is 23.6 Å². The summed E-state index contributed by atoms with van der Waals surface area (Å²) in [5.41, 5.74) is 1.01. The van der Waals surface area contributed by atoms with Crippen LogP contribution in [0.15, 0.2) is 43.0 Å². The Morgan fingerprint density at radius 1 is 1.29 bits per heavy atom. The van der Waals surface area contributed by atoms with Gasteiger partial charge in [0.15, 0.2) is 5.82 Å². The summed E-state index contributed by atoms with van der Waals surface area (Å²) in [6, 6.07) is 6.76. The SMILES string of the molecule is Cn1ccnc1C(=O)c1cccc(NC(=O)CCn2cnnn2)c1. The molecule has 9 nitrogen and oxygen atoms in total. The zero-order chi connectivity index (χ0) is 16.9. The summed E-state index contributed by atoms with van der Waals surface area (Å²) in [5, 5.41) is 13.5. The lowest BCUT2D eigenvalue weighted by atomic mass is 10.1. The molecule has 122 valence electrons. The van der Waals surface area contributed by atoms with Crippen molar-refractivity contribution in [3.05, 3.63) is 54.4 Å². The zero-order valence-electron chi connectivity index (χ0n) is 13.0. The number of nitrogens with one attached hydrogen (secondary N) is 1. The number of aryl methyl sites for hydroxylation is 2. The third-order valence-electron chi connectivity index (χ3n) is 3.39. The Morgan fingerprint density at radius 2 is 2.17 bits per heavy atom. The molecule has 3 rings (SSSR count). The number of anilines is 1. The number of benzene rings is 1. The molecule has 0 bridgehead atoms. The predicted molar refractivity (Wildman–Crippen MR) is 84.1 cm³/mol. The summed E-state index contributed by atoms with van der Waals surface area (Å²) in [6.45, 7) is 0.380. The van der Waals surface area contributed by atoms with Crippen LogP contribution in [0.3, 0.4) is 0 Å². The molecule has 0 fully saturated rings. The van der Waals surface area contributed by atoms with Crippen LogP contribution in [0.25, 0.3) is 0 Å². The second-order valence-electron chi connectivity index (χ2n) is 5.14. The van der Waals surface area contributed by atoms with Gasteiger partial charge in [0.1, 0.15) is 6.33 Å². The van der Waals surface area contributed by atoms with E-state index < -0.39 is 0 Å². The van der Waals surface area contributed by atoms with Gasteiger partial charge in [0.05, 0.1) is 6.54 Å². The van der Waals surface area contributed by atoms with E-state index in [1.54, 1.807) is 48.3 Å². The Balaban J connectivity index is 1.65. The van der Waals surface area contributed by atoms with Gasteiger partial charge in [-0.1, -0.05) is 12.1 Å². The maximum Gasteiger partial charge on any atom is 0.228 e. The molecule has 0 saturated heterocycles. The molecule has 1 aromatic carbocycles. The largest absolute Gasteiger partial charge is 0.331 e. The molecule has 0 aliphatic rings. The van der Waals surface area contributed by atoms with Gasteiger partial charge in [0, 0.05) is 37.1 Å². The molecule has 24 heavy (non-hydrogen) atoms. The van der Waals surface area contributed by atoms with E-state index in [-0.39, 0.29) is 18.1 Å². The smallest absolute Gasteiger partial charge is 0.228 e. The molecule has 0 aliphatic carbocycles. The molecular weight excluding hydrogens is 310 g/mol. The Labute approximate surface area is 137 Å². The molecule has 2 aromatic heterocycles. The van der Waals surface area contributed by atoms with Gasteiger partial charge in [-0.15, -0.1) is 5.10 Å². The van der Waals surface area contributed by atoms with E-state index in [1.807, 2.05) is 0 Å². The molecule has 2 heterocycles. The highest BCUT2D eigenvalue weighted by Gasteiger charge is 2.14. The van der Waals surface area contributed by atoms with Gasteiger partial charge in [0.25, 0.3) is 0 Å². The second-order valence-corrected chi connectivity index (χ2v) is 5.14. The van der Waals surface area contributed by atoms with Crippen molar-refractivity contribution in [1.29, 1.82) is 0 Å². The van der Waals surface area contributed by atoms with Crippen LogP contribution in [-0.2, 0) is 18.4 Å². The number of hydrogen-bond acceptors (Lipinski definition) is 6. The Morgan fingerprint density at radius 3 is 2.88 bits per heavy atom. The fourth-order valence-corrected chi connectivity index (χ4v) is 2.17. The minimum atomic E-state index is -0.202. The van der Waals surface area contributed by atoms with Crippen molar-refractivity contribution in [2.75, 3.05) is 5.32 Å². The van der Waals surface area contributed by atoms with Gasteiger partial charge in [-0.25, -0.2) is 9.67 Å². The molecule has 0 radical (unpaired) electrons. The predicted octanol–water partition coefficient (Wildman–Crippen LogP) is 0.666. The topological polar surface area (TPSA) is 108 Å². The Kier molecular flexibility index (Phi) is 4.41. The molecule has 0 spiro atoms. The molecule has 9 heteroatoms. The van der Waals surface area contributed by atoms with Crippen LogP contribution in [0.2, 0.25) is 0 Å². The fourth-order valence-electron chi connectivity index (χ4n) is 2.17. The standard InChI is InChI=1S/C15H15N7O2/c1-21-8-6-16-15(21)14(24)11-3-2-4-12(9-11)18-13(23)5-7-22-10-17-19-20-22/h2-4,6,8-10H,5,7H2,1H3,(H,18,23). The maximum atomic E-state index is 12.4. The van der Waals surface area contributed by atoms with E-state index in [1.165, 1.54) is 11.0 Å². The third-order valence-corrected chi connectivity index (χ3v) is 3.39. The first-order valence-corrected chi connectivity index (χ1v) is 7.26. The molecule has 0 aliphatic heterocycles. The van der Waals surface area contributed by atoms with Gasteiger partial charge >= 0.3 is 0 Å².